The fourth-order valence-electron chi connectivity index (χ4n) is 5.98. The molecule has 3 aromatic carbocycles. The first-order valence-electron chi connectivity index (χ1n) is 11.1. The molecule has 1 aliphatic heterocycles. The van der Waals surface area contributed by atoms with Crippen LogP contribution in [-0.2, 0) is 14.4 Å². The summed E-state index contributed by atoms with van der Waals surface area (Å²) in [5, 5.41) is 2.77. The molecule has 1 N–H and O–H groups in total. The first-order valence-corrected chi connectivity index (χ1v) is 11.1. The zero-order valence-electron chi connectivity index (χ0n) is 18.0. The number of carbonyl (C=O) groups excluding carboxylic acids is 3. The Morgan fingerprint density at radius 1 is 0.788 bits per heavy atom. The Morgan fingerprint density at radius 3 is 1.73 bits per heavy atom. The maximum Gasteiger partial charge on any atom is 0.244 e. The van der Waals surface area contributed by atoms with Crippen molar-refractivity contribution >= 4 is 23.4 Å². The van der Waals surface area contributed by atoms with Crippen LogP contribution in [0.15, 0.2) is 72.8 Å². The van der Waals surface area contributed by atoms with E-state index in [2.05, 4.69) is 29.6 Å². The molecule has 6 nitrogen and oxygen atoms in total. The predicted molar refractivity (Wildman–Crippen MR) is 122 cm³/mol. The van der Waals surface area contributed by atoms with E-state index >= 15 is 0 Å². The van der Waals surface area contributed by atoms with E-state index < -0.39 is 17.7 Å². The van der Waals surface area contributed by atoms with Gasteiger partial charge >= 0.3 is 0 Å². The van der Waals surface area contributed by atoms with Crippen LogP contribution in [-0.4, -0.2) is 36.3 Å². The van der Waals surface area contributed by atoms with Crippen molar-refractivity contribution in [3.8, 4) is 5.75 Å². The van der Waals surface area contributed by atoms with Crippen LogP contribution in [0.2, 0.25) is 0 Å². The maximum absolute atomic E-state index is 13.6. The molecule has 1 heterocycles. The van der Waals surface area contributed by atoms with Gasteiger partial charge in [-0.2, -0.15) is 0 Å². The Hall–Kier alpha value is -3.93. The number of methoxy groups -OCH3 is 1. The lowest BCUT2D eigenvalue weighted by molar-refractivity contribution is -0.142. The number of nitrogens with zero attached hydrogens (tertiary/aromatic N) is 1. The van der Waals surface area contributed by atoms with Crippen LogP contribution in [0.3, 0.4) is 0 Å². The van der Waals surface area contributed by atoms with Crippen LogP contribution in [0.1, 0.15) is 34.1 Å². The molecule has 4 aliphatic rings. The van der Waals surface area contributed by atoms with Gasteiger partial charge in [0, 0.05) is 11.8 Å². The lowest BCUT2D eigenvalue weighted by Crippen LogP contribution is -2.41. The number of nitrogens with one attached hydrogen (secondary N) is 1. The van der Waals surface area contributed by atoms with E-state index in [1.165, 1.54) is 7.11 Å². The van der Waals surface area contributed by atoms with Crippen LogP contribution in [0.5, 0.6) is 5.75 Å². The summed E-state index contributed by atoms with van der Waals surface area (Å²) >= 11 is 0. The van der Waals surface area contributed by atoms with Gasteiger partial charge in [0.15, 0.2) is 0 Å². The van der Waals surface area contributed by atoms with Gasteiger partial charge in [-0.3, -0.25) is 19.3 Å². The van der Waals surface area contributed by atoms with Gasteiger partial charge in [-0.25, -0.2) is 0 Å². The fourth-order valence-corrected chi connectivity index (χ4v) is 5.98. The second-order valence-corrected chi connectivity index (χ2v) is 8.78. The highest BCUT2D eigenvalue weighted by atomic mass is 16.5. The number of hydrogen-bond donors (Lipinski definition) is 1. The molecule has 3 aromatic rings. The molecule has 0 aromatic heterocycles. The molecule has 0 spiro atoms. The molecule has 1 saturated heterocycles. The summed E-state index contributed by atoms with van der Waals surface area (Å²) in [5.41, 5.74) is 4.96. The quantitative estimate of drug-likeness (QED) is 0.633. The summed E-state index contributed by atoms with van der Waals surface area (Å²) in [7, 11) is 1.52. The molecular weight excluding hydrogens is 416 g/mol. The second-order valence-electron chi connectivity index (χ2n) is 8.78. The molecule has 0 radical (unpaired) electrons. The Morgan fingerprint density at radius 2 is 1.24 bits per heavy atom. The third-order valence-electron chi connectivity index (χ3n) is 7.22. The number of imide groups is 1. The van der Waals surface area contributed by atoms with Crippen LogP contribution in [0.25, 0.3) is 0 Å². The van der Waals surface area contributed by atoms with Crippen molar-refractivity contribution in [3.63, 3.8) is 0 Å². The average Bonchev–Trinajstić information content (AvgIpc) is 3.09. The number of rotatable bonds is 4. The molecule has 1 fully saturated rings. The first kappa shape index (κ1) is 19.7. The first-order chi connectivity index (χ1) is 16.1. The summed E-state index contributed by atoms with van der Waals surface area (Å²) in [6.07, 6.45) is 0. The van der Waals surface area contributed by atoms with Crippen molar-refractivity contribution in [2.75, 3.05) is 19.0 Å². The molecule has 3 aliphatic carbocycles. The van der Waals surface area contributed by atoms with E-state index in [0.29, 0.717) is 11.4 Å². The van der Waals surface area contributed by atoms with Crippen molar-refractivity contribution in [1.82, 2.24) is 4.90 Å². The van der Waals surface area contributed by atoms with Crippen LogP contribution in [0, 0.1) is 11.8 Å². The molecule has 2 unspecified atom stereocenters. The van der Waals surface area contributed by atoms with Gasteiger partial charge in [-0.15, -0.1) is 0 Å². The summed E-state index contributed by atoms with van der Waals surface area (Å²) in [6.45, 7) is -0.311. The molecule has 0 saturated carbocycles. The zero-order chi connectivity index (χ0) is 22.7. The van der Waals surface area contributed by atoms with E-state index in [0.717, 1.165) is 27.2 Å². The van der Waals surface area contributed by atoms with Crippen molar-refractivity contribution in [1.29, 1.82) is 0 Å². The van der Waals surface area contributed by atoms with E-state index in [-0.39, 0.29) is 30.2 Å². The van der Waals surface area contributed by atoms with Gasteiger partial charge in [-0.1, -0.05) is 60.7 Å². The Bertz CT molecular complexity index is 1200. The summed E-state index contributed by atoms with van der Waals surface area (Å²) in [4.78, 5) is 41.1. The van der Waals surface area contributed by atoms with Crippen molar-refractivity contribution in [3.05, 3.63) is 95.1 Å². The highest BCUT2D eigenvalue weighted by molar-refractivity contribution is 6.10. The van der Waals surface area contributed by atoms with Gasteiger partial charge in [0.25, 0.3) is 0 Å². The molecular formula is C27H22N2O4. The van der Waals surface area contributed by atoms with Gasteiger partial charge in [0.05, 0.1) is 24.6 Å². The zero-order valence-corrected chi connectivity index (χ0v) is 18.0. The molecule has 33 heavy (non-hydrogen) atoms. The minimum Gasteiger partial charge on any atom is -0.495 e. The minimum atomic E-state index is -0.480. The SMILES string of the molecule is COc1ccccc1NC(=O)CN1C(=O)C2C3c4ccccc4C(c4ccccc43)C2C1=O. The second kappa shape index (κ2) is 7.30. The number of likely N-dealkylation sites (tertiary alicyclic amines) is 1. The van der Waals surface area contributed by atoms with Crippen LogP contribution in [0.4, 0.5) is 5.69 Å². The highest BCUT2D eigenvalue weighted by Gasteiger charge is 2.61. The van der Waals surface area contributed by atoms with E-state index in [9.17, 15) is 14.4 Å². The van der Waals surface area contributed by atoms with Crippen molar-refractivity contribution in [2.45, 2.75) is 11.8 Å². The molecule has 2 bridgehead atoms. The summed E-state index contributed by atoms with van der Waals surface area (Å²) in [6, 6.07) is 23.2. The lowest BCUT2D eigenvalue weighted by atomic mass is 9.55. The number of para-hydroxylation sites is 2. The maximum atomic E-state index is 13.6. The number of hydrogen-bond acceptors (Lipinski definition) is 4. The van der Waals surface area contributed by atoms with Gasteiger partial charge in [0.2, 0.25) is 17.7 Å². The average molecular weight is 438 g/mol. The number of benzene rings is 3. The van der Waals surface area contributed by atoms with E-state index in [1.807, 2.05) is 24.3 Å². The van der Waals surface area contributed by atoms with Crippen LogP contribution >= 0.6 is 0 Å². The Kier molecular flexibility index (Phi) is 4.37. The predicted octanol–water partition coefficient (Wildman–Crippen LogP) is 3.53. The van der Waals surface area contributed by atoms with Crippen molar-refractivity contribution in [2.24, 2.45) is 11.8 Å². The van der Waals surface area contributed by atoms with Gasteiger partial charge in [-0.05, 0) is 34.4 Å². The number of carbonyl (C=O) groups is 3. The molecule has 7 rings (SSSR count). The Balaban J connectivity index is 1.34. The largest absolute Gasteiger partial charge is 0.495 e. The molecule has 6 heteroatoms. The summed E-state index contributed by atoms with van der Waals surface area (Å²) < 4.78 is 5.28. The number of ether oxygens (including phenoxy) is 1. The van der Waals surface area contributed by atoms with E-state index in [4.69, 9.17) is 4.74 Å². The number of anilines is 1. The minimum absolute atomic E-state index is 0.175. The molecule has 164 valence electrons. The highest BCUT2D eigenvalue weighted by Crippen LogP contribution is 2.60. The third kappa shape index (κ3) is 2.76. The Labute approximate surface area is 191 Å². The molecule has 2 atom stereocenters. The van der Waals surface area contributed by atoms with Crippen molar-refractivity contribution < 1.29 is 19.1 Å². The monoisotopic (exact) mass is 438 g/mol. The van der Waals surface area contributed by atoms with E-state index in [1.54, 1.807) is 24.3 Å². The van der Waals surface area contributed by atoms with Gasteiger partial charge < -0.3 is 10.1 Å². The third-order valence-corrected chi connectivity index (χ3v) is 7.22. The molecule has 3 amide bonds. The smallest absolute Gasteiger partial charge is 0.244 e. The standard InChI is InChI=1S/C27H22N2O4/c1-33-20-13-7-6-12-19(20)28-21(30)14-29-26(31)24-22-15-8-2-3-9-16(15)23(25(24)27(29)32)18-11-5-4-10-17(18)22/h2-13,22-25H,14H2,1H3,(H,28,30). The normalized spacial score (nSPS) is 24.2. The number of amides is 3. The lowest BCUT2D eigenvalue weighted by Gasteiger charge is -2.45. The van der Waals surface area contributed by atoms with Gasteiger partial charge in [0.1, 0.15) is 12.3 Å². The fraction of sp³-hybridized carbons (Fsp3) is 0.222. The summed E-state index contributed by atoms with van der Waals surface area (Å²) in [5.74, 6) is -1.75. The topological polar surface area (TPSA) is 75.7 Å². The van der Waals surface area contributed by atoms with Crippen LogP contribution < -0.4 is 10.1 Å².